The predicted molar refractivity (Wildman–Crippen MR) is 75.0 cm³/mol. The third kappa shape index (κ3) is 2.41. The van der Waals surface area contributed by atoms with Gasteiger partial charge < -0.3 is 10.2 Å². The van der Waals surface area contributed by atoms with Crippen molar-refractivity contribution in [3.63, 3.8) is 0 Å². The molecule has 0 aromatic heterocycles. The molecule has 1 amide bonds. The van der Waals surface area contributed by atoms with Crippen LogP contribution in [0.15, 0.2) is 24.3 Å². The van der Waals surface area contributed by atoms with Crippen LogP contribution in [0.3, 0.4) is 0 Å². The molecule has 1 heterocycles. The zero-order valence-corrected chi connectivity index (χ0v) is 11.4. The smallest absolute Gasteiger partial charge is 0.244 e. The van der Waals surface area contributed by atoms with Gasteiger partial charge in [-0.3, -0.25) is 4.79 Å². The first kappa shape index (κ1) is 13.1. The largest absolute Gasteiger partial charge is 0.311 e. The van der Waals surface area contributed by atoms with E-state index < -0.39 is 0 Å². The van der Waals surface area contributed by atoms with E-state index >= 15 is 0 Å². The van der Waals surface area contributed by atoms with E-state index in [4.69, 9.17) is 0 Å². The summed E-state index contributed by atoms with van der Waals surface area (Å²) in [5.41, 5.74) is 2.33. The maximum Gasteiger partial charge on any atom is 0.244 e. The Labute approximate surface area is 109 Å². The Balaban J connectivity index is 2.33. The Morgan fingerprint density at radius 2 is 2.06 bits per heavy atom. The Morgan fingerprint density at radius 1 is 1.33 bits per heavy atom. The van der Waals surface area contributed by atoms with E-state index in [0.29, 0.717) is 5.92 Å². The SMILES string of the molecule is CNC1CCCN(c2ccccc2C(C)C)C1=O. The van der Waals surface area contributed by atoms with Gasteiger partial charge in [-0.15, -0.1) is 0 Å². The molecule has 1 aliphatic heterocycles. The maximum absolute atomic E-state index is 12.4. The van der Waals surface area contributed by atoms with Crippen molar-refractivity contribution in [2.45, 2.75) is 38.6 Å². The molecule has 98 valence electrons. The fourth-order valence-electron chi connectivity index (χ4n) is 2.60. The number of likely N-dealkylation sites (N-methyl/N-ethyl adjacent to an activating group) is 1. The molecule has 1 saturated heterocycles. The molecule has 0 bridgehead atoms. The van der Waals surface area contributed by atoms with Gasteiger partial charge in [-0.1, -0.05) is 32.0 Å². The van der Waals surface area contributed by atoms with Crippen LogP contribution < -0.4 is 10.2 Å². The molecule has 0 radical (unpaired) electrons. The number of carbonyl (C=O) groups is 1. The number of nitrogens with one attached hydrogen (secondary N) is 1. The molecular weight excluding hydrogens is 224 g/mol. The fraction of sp³-hybridized carbons (Fsp3) is 0.533. The van der Waals surface area contributed by atoms with Gasteiger partial charge in [-0.2, -0.15) is 0 Å². The number of amides is 1. The van der Waals surface area contributed by atoms with Crippen molar-refractivity contribution in [1.29, 1.82) is 0 Å². The van der Waals surface area contributed by atoms with Crippen LogP contribution >= 0.6 is 0 Å². The first-order valence-corrected chi connectivity index (χ1v) is 6.72. The first-order valence-electron chi connectivity index (χ1n) is 6.72. The van der Waals surface area contributed by atoms with Crippen molar-refractivity contribution < 1.29 is 4.79 Å². The van der Waals surface area contributed by atoms with Crippen molar-refractivity contribution >= 4 is 11.6 Å². The summed E-state index contributed by atoms with van der Waals surface area (Å²) in [5.74, 6) is 0.640. The molecule has 1 unspecified atom stereocenters. The zero-order chi connectivity index (χ0) is 13.1. The van der Waals surface area contributed by atoms with Crippen LogP contribution in [0.4, 0.5) is 5.69 Å². The highest BCUT2D eigenvalue weighted by atomic mass is 16.2. The Hall–Kier alpha value is -1.35. The van der Waals surface area contributed by atoms with Gasteiger partial charge >= 0.3 is 0 Å². The topological polar surface area (TPSA) is 32.3 Å². The van der Waals surface area contributed by atoms with E-state index in [0.717, 1.165) is 25.1 Å². The Morgan fingerprint density at radius 3 is 2.72 bits per heavy atom. The second-order valence-corrected chi connectivity index (χ2v) is 5.19. The molecule has 1 atom stereocenters. The summed E-state index contributed by atoms with van der Waals surface area (Å²) in [6, 6.07) is 8.21. The van der Waals surface area contributed by atoms with Gasteiger partial charge in [0.1, 0.15) is 0 Å². The van der Waals surface area contributed by atoms with Gasteiger partial charge in [0, 0.05) is 12.2 Å². The number of nitrogens with zero attached hydrogens (tertiary/aromatic N) is 1. The van der Waals surface area contributed by atoms with Crippen LogP contribution in [0, 0.1) is 0 Å². The number of carbonyl (C=O) groups excluding carboxylic acids is 1. The Kier molecular flexibility index (Phi) is 4.02. The van der Waals surface area contributed by atoms with Crippen molar-refractivity contribution in [2.24, 2.45) is 0 Å². The molecule has 2 rings (SSSR count). The summed E-state index contributed by atoms with van der Waals surface area (Å²) in [7, 11) is 1.86. The van der Waals surface area contributed by atoms with E-state index in [1.165, 1.54) is 5.56 Å². The maximum atomic E-state index is 12.4. The van der Waals surface area contributed by atoms with Crippen LogP contribution in [0.25, 0.3) is 0 Å². The van der Waals surface area contributed by atoms with E-state index in [-0.39, 0.29) is 11.9 Å². The quantitative estimate of drug-likeness (QED) is 0.889. The van der Waals surface area contributed by atoms with Crippen molar-refractivity contribution in [3.8, 4) is 0 Å². The van der Waals surface area contributed by atoms with Gasteiger partial charge in [-0.05, 0) is 37.4 Å². The highest BCUT2D eigenvalue weighted by Crippen LogP contribution is 2.29. The third-order valence-electron chi connectivity index (χ3n) is 3.64. The van der Waals surface area contributed by atoms with Crippen molar-refractivity contribution in [3.05, 3.63) is 29.8 Å². The molecule has 1 aliphatic rings. The van der Waals surface area contributed by atoms with Crippen LogP contribution in [-0.4, -0.2) is 25.5 Å². The lowest BCUT2D eigenvalue weighted by Crippen LogP contribution is -2.50. The lowest BCUT2D eigenvalue weighted by atomic mass is 9.97. The zero-order valence-electron chi connectivity index (χ0n) is 11.4. The van der Waals surface area contributed by atoms with E-state index in [1.54, 1.807) is 0 Å². The highest BCUT2D eigenvalue weighted by Gasteiger charge is 2.29. The molecule has 18 heavy (non-hydrogen) atoms. The standard InChI is InChI=1S/C15H22N2O/c1-11(2)12-7-4-5-9-14(12)17-10-6-8-13(16-3)15(17)18/h4-5,7,9,11,13,16H,6,8,10H2,1-3H3. The van der Waals surface area contributed by atoms with Crippen LogP contribution in [0.1, 0.15) is 38.2 Å². The second kappa shape index (κ2) is 5.53. The van der Waals surface area contributed by atoms with Crippen LogP contribution in [0.5, 0.6) is 0 Å². The predicted octanol–water partition coefficient (Wildman–Crippen LogP) is 2.52. The van der Waals surface area contributed by atoms with E-state index in [1.807, 2.05) is 24.1 Å². The van der Waals surface area contributed by atoms with Crippen molar-refractivity contribution in [2.75, 3.05) is 18.5 Å². The van der Waals surface area contributed by atoms with Gasteiger partial charge in [-0.25, -0.2) is 0 Å². The minimum absolute atomic E-state index is 0.0287. The van der Waals surface area contributed by atoms with Crippen LogP contribution in [-0.2, 0) is 4.79 Å². The molecule has 0 spiro atoms. The number of hydrogen-bond donors (Lipinski definition) is 1. The average molecular weight is 246 g/mol. The lowest BCUT2D eigenvalue weighted by molar-refractivity contribution is -0.121. The lowest BCUT2D eigenvalue weighted by Gasteiger charge is -2.34. The Bertz CT molecular complexity index is 428. The fourth-order valence-corrected chi connectivity index (χ4v) is 2.60. The average Bonchev–Trinajstić information content (AvgIpc) is 2.39. The van der Waals surface area contributed by atoms with Crippen molar-refractivity contribution in [1.82, 2.24) is 5.32 Å². The minimum atomic E-state index is -0.0287. The second-order valence-electron chi connectivity index (χ2n) is 5.19. The van der Waals surface area contributed by atoms with E-state index in [9.17, 15) is 4.79 Å². The molecule has 1 fully saturated rings. The minimum Gasteiger partial charge on any atom is -0.311 e. The van der Waals surface area contributed by atoms with Crippen LogP contribution in [0.2, 0.25) is 0 Å². The molecule has 1 aromatic rings. The summed E-state index contributed by atoms with van der Waals surface area (Å²) in [6.45, 7) is 5.17. The summed E-state index contributed by atoms with van der Waals surface area (Å²) in [5, 5.41) is 3.11. The molecular formula is C15H22N2O. The monoisotopic (exact) mass is 246 g/mol. The number of rotatable bonds is 3. The summed E-state index contributed by atoms with van der Waals surface area (Å²) in [4.78, 5) is 14.3. The first-order chi connectivity index (χ1) is 8.65. The summed E-state index contributed by atoms with van der Waals surface area (Å²) < 4.78 is 0. The highest BCUT2D eigenvalue weighted by molar-refractivity contribution is 5.98. The van der Waals surface area contributed by atoms with Gasteiger partial charge in [0.15, 0.2) is 0 Å². The molecule has 3 nitrogen and oxygen atoms in total. The number of hydrogen-bond acceptors (Lipinski definition) is 2. The normalized spacial score (nSPS) is 20.6. The number of para-hydroxylation sites is 1. The molecule has 1 N–H and O–H groups in total. The summed E-state index contributed by atoms with van der Waals surface area (Å²) >= 11 is 0. The molecule has 3 heteroatoms. The number of anilines is 1. The van der Waals surface area contributed by atoms with Gasteiger partial charge in [0.05, 0.1) is 6.04 Å². The number of benzene rings is 1. The van der Waals surface area contributed by atoms with E-state index in [2.05, 4.69) is 31.3 Å². The van der Waals surface area contributed by atoms with Gasteiger partial charge in [0.2, 0.25) is 5.91 Å². The summed E-state index contributed by atoms with van der Waals surface area (Å²) in [6.07, 6.45) is 2.00. The third-order valence-corrected chi connectivity index (χ3v) is 3.64. The molecule has 0 aliphatic carbocycles. The molecule has 1 aromatic carbocycles. The number of piperidine rings is 1. The molecule has 0 saturated carbocycles. The van der Waals surface area contributed by atoms with Gasteiger partial charge in [0.25, 0.3) is 0 Å².